The van der Waals surface area contributed by atoms with Crippen molar-refractivity contribution in [3.63, 3.8) is 0 Å². The molecule has 0 aliphatic rings. The molecule has 88 valence electrons. The lowest BCUT2D eigenvalue weighted by molar-refractivity contribution is -0.135. The minimum atomic E-state index is -0.609. The summed E-state index contributed by atoms with van der Waals surface area (Å²) in [6.07, 6.45) is 0. The molecule has 5 heteroatoms. The van der Waals surface area contributed by atoms with Crippen LogP contribution in [0.3, 0.4) is 0 Å². The van der Waals surface area contributed by atoms with E-state index in [2.05, 4.69) is 0 Å². The third kappa shape index (κ3) is 3.55. The molecule has 1 aromatic rings. The monoisotopic (exact) mass is 243 g/mol. The first-order valence-corrected chi connectivity index (χ1v) is 4.59. The van der Waals surface area contributed by atoms with Crippen LogP contribution in [0, 0.1) is 5.41 Å². The Hall–Kier alpha value is -1.55. The van der Waals surface area contributed by atoms with E-state index in [1.807, 2.05) is 0 Å². The fourth-order valence-corrected chi connectivity index (χ4v) is 1.08. The summed E-state index contributed by atoms with van der Waals surface area (Å²) in [4.78, 5) is 11.2. The van der Waals surface area contributed by atoms with Crippen LogP contribution in [-0.2, 0) is 9.53 Å². The van der Waals surface area contributed by atoms with Crippen molar-refractivity contribution >= 4 is 24.1 Å². The molecule has 0 aliphatic carbocycles. The van der Waals surface area contributed by atoms with Gasteiger partial charge in [-0.15, -0.1) is 12.4 Å². The summed E-state index contributed by atoms with van der Waals surface area (Å²) < 4.78 is 9.69. The highest BCUT2D eigenvalue weighted by molar-refractivity contribution is 6.41. The average Bonchev–Trinajstić information content (AvgIpc) is 2.28. The minimum Gasteiger partial charge on any atom is -0.497 e. The Kier molecular flexibility index (Phi) is 6.18. The molecule has 0 saturated heterocycles. The maximum absolute atomic E-state index is 11.2. The van der Waals surface area contributed by atoms with Gasteiger partial charge in [0, 0.05) is 5.56 Å². The molecule has 4 nitrogen and oxygen atoms in total. The second-order valence-electron chi connectivity index (χ2n) is 2.82. The van der Waals surface area contributed by atoms with Gasteiger partial charge in [0.15, 0.2) is 0 Å². The Morgan fingerprint density at radius 1 is 1.31 bits per heavy atom. The number of nitrogens with one attached hydrogen (secondary N) is 1. The van der Waals surface area contributed by atoms with Crippen LogP contribution in [-0.4, -0.2) is 25.4 Å². The van der Waals surface area contributed by atoms with E-state index in [-0.39, 0.29) is 24.7 Å². The van der Waals surface area contributed by atoms with Crippen molar-refractivity contribution in [2.24, 2.45) is 0 Å². The predicted octanol–water partition coefficient (Wildman–Crippen LogP) is 2.05. The molecule has 0 aliphatic heterocycles. The Morgan fingerprint density at radius 3 is 2.31 bits per heavy atom. The summed E-state index contributed by atoms with van der Waals surface area (Å²) >= 11 is 0. The average molecular weight is 244 g/mol. The largest absolute Gasteiger partial charge is 0.497 e. The first kappa shape index (κ1) is 14.5. The molecule has 0 fully saturated rings. The molecule has 0 unspecified atom stereocenters. The van der Waals surface area contributed by atoms with Crippen LogP contribution in [0.15, 0.2) is 24.3 Å². The van der Waals surface area contributed by atoms with Crippen molar-refractivity contribution in [1.29, 1.82) is 5.41 Å². The molecule has 0 spiro atoms. The Labute approximate surface area is 100 Å². The zero-order valence-electron chi connectivity index (χ0n) is 9.15. The van der Waals surface area contributed by atoms with Gasteiger partial charge in [0.25, 0.3) is 0 Å². The third-order valence-corrected chi connectivity index (χ3v) is 1.86. The van der Waals surface area contributed by atoms with Crippen molar-refractivity contribution in [3.05, 3.63) is 29.8 Å². The van der Waals surface area contributed by atoms with E-state index in [1.165, 1.54) is 0 Å². The highest BCUT2D eigenvalue weighted by Gasteiger charge is 2.12. The fraction of sp³-hybridized carbons (Fsp3) is 0.273. The molecule has 0 bridgehead atoms. The Morgan fingerprint density at radius 2 is 1.88 bits per heavy atom. The first-order valence-electron chi connectivity index (χ1n) is 4.59. The van der Waals surface area contributed by atoms with E-state index in [0.717, 1.165) is 0 Å². The van der Waals surface area contributed by atoms with Gasteiger partial charge in [0.2, 0.25) is 0 Å². The summed E-state index contributed by atoms with van der Waals surface area (Å²) in [6, 6.07) is 6.70. The van der Waals surface area contributed by atoms with Crippen LogP contribution in [0.4, 0.5) is 0 Å². The smallest absolute Gasteiger partial charge is 0.356 e. The Bertz CT molecular complexity index is 362. The molecule has 0 saturated carbocycles. The molecule has 1 rings (SSSR count). The maximum atomic E-state index is 11.2. The number of carbonyl (C=O) groups is 1. The second kappa shape index (κ2) is 6.85. The lowest BCUT2D eigenvalue weighted by Crippen LogP contribution is -2.17. The van der Waals surface area contributed by atoms with Crippen molar-refractivity contribution < 1.29 is 14.3 Å². The molecule has 0 radical (unpaired) electrons. The van der Waals surface area contributed by atoms with Crippen LogP contribution < -0.4 is 4.74 Å². The van der Waals surface area contributed by atoms with Gasteiger partial charge in [0.05, 0.1) is 13.7 Å². The predicted molar refractivity (Wildman–Crippen MR) is 63.7 cm³/mol. The van der Waals surface area contributed by atoms with E-state index >= 15 is 0 Å². The fourth-order valence-electron chi connectivity index (χ4n) is 1.08. The lowest BCUT2D eigenvalue weighted by atomic mass is 10.1. The number of hydrogen-bond acceptors (Lipinski definition) is 4. The number of esters is 1. The van der Waals surface area contributed by atoms with E-state index in [9.17, 15) is 4.79 Å². The molecule has 1 aromatic carbocycles. The van der Waals surface area contributed by atoms with Crippen molar-refractivity contribution in [2.45, 2.75) is 6.92 Å². The van der Waals surface area contributed by atoms with Gasteiger partial charge >= 0.3 is 5.97 Å². The molecular formula is C11H14ClNO3. The summed E-state index contributed by atoms with van der Waals surface area (Å²) in [5.41, 5.74) is 0.383. The number of halogens is 1. The van der Waals surface area contributed by atoms with Crippen molar-refractivity contribution in [3.8, 4) is 5.75 Å². The van der Waals surface area contributed by atoms with Gasteiger partial charge < -0.3 is 9.47 Å². The second-order valence-corrected chi connectivity index (χ2v) is 2.82. The van der Waals surface area contributed by atoms with Gasteiger partial charge in [0.1, 0.15) is 11.5 Å². The van der Waals surface area contributed by atoms with Crippen LogP contribution in [0.2, 0.25) is 0 Å². The van der Waals surface area contributed by atoms with E-state index in [1.54, 1.807) is 38.3 Å². The molecule has 0 atom stereocenters. The van der Waals surface area contributed by atoms with Gasteiger partial charge in [-0.05, 0) is 31.2 Å². The van der Waals surface area contributed by atoms with Crippen LogP contribution in [0.5, 0.6) is 5.75 Å². The van der Waals surface area contributed by atoms with Gasteiger partial charge in [-0.2, -0.15) is 0 Å². The van der Waals surface area contributed by atoms with E-state index in [0.29, 0.717) is 11.3 Å². The van der Waals surface area contributed by atoms with Crippen molar-refractivity contribution in [2.75, 3.05) is 13.7 Å². The van der Waals surface area contributed by atoms with Crippen LogP contribution in [0.1, 0.15) is 12.5 Å². The molecule has 0 aromatic heterocycles. The topological polar surface area (TPSA) is 59.4 Å². The van der Waals surface area contributed by atoms with Crippen LogP contribution in [0.25, 0.3) is 0 Å². The van der Waals surface area contributed by atoms with Gasteiger partial charge in [-0.25, -0.2) is 4.79 Å². The number of rotatable bonds is 4. The summed E-state index contributed by atoms with van der Waals surface area (Å²) in [5, 5.41) is 7.55. The number of hydrogen-bond donors (Lipinski definition) is 1. The number of carbonyl (C=O) groups excluding carboxylic acids is 1. The molecule has 0 amide bonds. The first-order chi connectivity index (χ1) is 7.19. The Balaban J connectivity index is 0.00000225. The van der Waals surface area contributed by atoms with Gasteiger partial charge in [-0.3, -0.25) is 5.41 Å². The van der Waals surface area contributed by atoms with Crippen LogP contribution >= 0.6 is 12.4 Å². The number of ether oxygens (including phenoxy) is 2. The SMILES string of the molecule is CCOC(=O)C(=N)c1ccc(OC)cc1.Cl. The zero-order valence-corrected chi connectivity index (χ0v) is 9.97. The highest BCUT2D eigenvalue weighted by Crippen LogP contribution is 2.11. The molecule has 1 N–H and O–H groups in total. The summed E-state index contributed by atoms with van der Waals surface area (Å²) in [5.74, 6) is 0.0816. The summed E-state index contributed by atoms with van der Waals surface area (Å²) in [6.45, 7) is 1.98. The number of methoxy groups -OCH3 is 1. The van der Waals surface area contributed by atoms with Gasteiger partial charge in [-0.1, -0.05) is 0 Å². The molecular weight excluding hydrogens is 230 g/mol. The number of benzene rings is 1. The quantitative estimate of drug-likeness (QED) is 0.650. The molecule has 16 heavy (non-hydrogen) atoms. The van der Waals surface area contributed by atoms with E-state index < -0.39 is 5.97 Å². The van der Waals surface area contributed by atoms with E-state index in [4.69, 9.17) is 14.9 Å². The normalized spacial score (nSPS) is 8.88. The zero-order chi connectivity index (χ0) is 11.3. The summed E-state index contributed by atoms with van der Waals surface area (Å²) in [7, 11) is 1.56. The minimum absolute atomic E-state index is 0. The van der Waals surface area contributed by atoms with Crippen molar-refractivity contribution in [1.82, 2.24) is 0 Å². The standard InChI is InChI=1S/C11H13NO3.ClH/c1-3-15-11(13)10(12)8-4-6-9(14-2)7-5-8;/h4-7,12H,3H2,1-2H3;1H. The molecule has 0 heterocycles. The maximum Gasteiger partial charge on any atom is 0.356 e. The highest BCUT2D eigenvalue weighted by atomic mass is 35.5. The third-order valence-electron chi connectivity index (χ3n) is 1.86. The lowest BCUT2D eigenvalue weighted by Gasteiger charge is -2.04.